The number of benzene rings is 5. The van der Waals surface area contributed by atoms with Gasteiger partial charge in [-0.25, -0.2) is 9.59 Å². The summed E-state index contributed by atoms with van der Waals surface area (Å²) in [5.74, 6) is 0.770. The molecule has 0 atom stereocenters. The van der Waals surface area contributed by atoms with E-state index in [2.05, 4.69) is 13.8 Å². The monoisotopic (exact) mass is 846 g/mol. The molecule has 0 saturated heterocycles. The van der Waals surface area contributed by atoms with Crippen LogP contribution in [-0.4, -0.2) is 35.4 Å². The van der Waals surface area contributed by atoms with Crippen molar-refractivity contribution >= 4 is 45.7 Å². The Balaban J connectivity index is 1.03. The van der Waals surface area contributed by atoms with Crippen molar-refractivity contribution in [3.63, 3.8) is 0 Å². The molecule has 5 aromatic carbocycles. The second kappa shape index (κ2) is 25.3. The second-order valence-electron chi connectivity index (χ2n) is 14.4. The number of hydrogen-bond donors (Lipinski definition) is 0. The van der Waals surface area contributed by atoms with E-state index in [4.69, 9.17) is 18.9 Å². The van der Waals surface area contributed by atoms with Crippen molar-refractivity contribution in [2.75, 3.05) is 13.2 Å². The Hall–Kier alpha value is -5.32. The number of hydrogen-bond acceptors (Lipinski definition) is 10. The van der Waals surface area contributed by atoms with Crippen molar-refractivity contribution in [1.82, 2.24) is 0 Å². The first kappa shape index (κ1) is 45.8. The van der Waals surface area contributed by atoms with E-state index >= 15 is 0 Å². The molecule has 0 aromatic heterocycles. The third-order valence-electron chi connectivity index (χ3n) is 9.54. The number of rotatable bonds is 24. The molecule has 60 heavy (non-hydrogen) atoms. The van der Waals surface area contributed by atoms with E-state index in [1.54, 1.807) is 91.0 Å². The summed E-state index contributed by atoms with van der Waals surface area (Å²) < 4.78 is 22.8. The number of ether oxygens (including phenoxy) is 4. The van der Waals surface area contributed by atoms with Gasteiger partial charge in [-0.3, -0.25) is 9.59 Å². The van der Waals surface area contributed by atoms with E-state index < -0.39 is 11.9 Å². The van der Waals surface area contributed by atoms with E-state index in [0.29, 0.717) is 34.1 Å². The van der Waals surface area contributed by atoms with Crippen LogP contribution in [0, 0.1) is 0 Å². The van der Waals surface area contributed by atoms with E-state index in [-0.39, 0.29) is 32.9 Å². The summed E-state index contributed by atoms with van der Waals surface area (Å²) in [6.45, 7) is 5.75. The van der Waals surface area contributed by atoms with Crippen LogP contribution in [0.2, 0.25) is 0 Å². The van der Waals surface area contributed by atoms with Crippen molar-refractivity contribution < 1.29 is 38.1 Å². The van der Waals surface area contributed by atoms with Crippen LogP contribution >= 0.6 is 23.5 Å². The molecule has 0 aliphatic rings. The zero-order chi connectivity index (χ0) is 42.4. The molecule has 0 unspecified atom stereocenters. The van der Waals surface area contributed by atoms with E-state index in [1.165, 1.54) is 57.4 Å². The first-order valence-corrected chi connectivity index (χ1v) is 22.6. The summed E-state index contributed by atoms with van der Waals surface area (Å²) in [6.07, 6.45) is 14.4. The molecule has 0 N–H and O–H groups in total. The van der Waals surface area contributed by atoms with Crippen LogP contribution in [0.4, 0.5) is 0 Å². The summed E-state index contributed by atoms with van der Waals surface area (Å²) in [6, 6.07) is 33.7. The highest BCUT2D eigenvalue weighted by Gasteiger charge is 2.16. The minimum Gasteiger partial charge on any atom is -0.494 e. The molecule has 314 valence electrons. The molecule has 0 saturated carbocycles. The Morgan fingerprint density at radius 2 is 0.750 bits per heavy atom. The molecule has 0 bridgehead atoms. The van der Waals surface area contributed by atoms with E-state index in [9.17, 15) is 19.2 Å². The highest BCUT2D eigenvalue weighted by Crippen LogP contribution is 2.28. The molecule has 0 amide bonds. The van der Waals surface area contributed by atoms with Gasteiger partial charge >= 0.3 is 11.9 Å². The van der Waals surface area contributed by atoms with E-state index in [1.807, 2.05) is 24.3 Å². The van der Waals surface area contributed by atoms with Crippen molar-refractivity contribution in [3.05, 3.63) is 144 Å². The van der Waals surface area contributed by atoms with Crippen LogP contribution in [0.25, 0.3) is 0 Å². The molecule has 0 fully saturated rings. The van der Waals surface area contributed by atoms with Crippen LogP contribution in [0.15, 0.2) is 131 Å². The van der Waals surface area contributed by atoms with Gasteiger partial charge in [0.1, 0.15) is 23.0 Å². The van der Waals surface area contributed by atoms with Gasteiger partial charge in [0.05, 0.1) is 24.3 Å². The summed E-state index contributed by atoms with van der Waals surface area (Å²) in [7, 11) is 0. The SMILES string of the molecule is CCCCCCCCOc1ccc(C(=O)Sc2ccc(OC(=O)c3cccc(C(=O)Oc4ccc(SC(=O)c5ccc(OCCCCCCCC)cc5)cc4)c3)cc2)cc1. The average Bonchev–Trinajstić information content (AvgIpc) is 3.27. The maximum atomic E-state index is 13.0. The van der Waals surface area contributed by atoms with Gasteiger partial charge in [0.2, 0.25) is 10.2 Å². The maximum Gasteiger partial charge on any atom is 0.343 e. The normalized spacial score (nSPS) is 10.8. The van der Waals surface area contributed by atoms with Gasteiger partial charge in [0.15, 0.2) is 0 Å². The topological polar surface area (TPSA) is 105 Å². The fourth-order valence-corrected chi connectivity index (χ4v) is 7.59. The zero-order valence-corrected chi connectivity index (χ0v) is 36.2. The van der Waals surface area contributed by atoms with Crippen LogP contribution in [0.1, 0.15) is 132 Å². The van der Waals surface area contributed by atoms with Gasteiger partial charge in [-0.05, 0) is 152 Å². The van der Waals surface area contributed by atoms with Gasteiger partial charge < -0.3 is 18.9 Å². The number of carbonyl (C=O) groups excluding carboxylic acids is 4. The molecule has 0 heterocycles. The molecule has 8 nitrogen and oxygen atoms in total. The third kappa shape index (κ3) is 15.7. The number of esters is 2. The molecule has 5 aromatic rings. The lowest BCUT2D eigenvalue weighted by molar-refractivity contribution is 0.0734. The fraction of sp³-hybridized carbons (Fsp3) is 0.320. The third-order valence-corrected chi connectivity index (χ3v) is 11.4. The standard InChI is InChI=1S/C50H54O8S2/c1-3-5-7-9-11-13-34-55-41-22-18-37(19-23-41)49(53)59-45-30-26-43(27-31-45)57-47(51)39-16-15-17-40(36-39)48(52)58-44-28-32-46(33-29-44)60-50(54)38-20-24-42(25-21-38)56-35-14-12-10-8-6-4-2/h15-33,36H,3-14,34-35H2,1-2H3. The van der Waals surface area contributed by atoms with Crippen LogP contribution in [0.3, 0.4) is 0 Å². The number of thioether (sulfide) groups is 2. The van der Waals surface area contributed by atoms with Crippen molar-refractivity contribution in [2.45, 2.75) is 101 Å². The smallest absolute Gasteiger partial charge is 0.343 e. The minimum absolute atomic E-state index is 0.113. The summed E-state index contributed by atoms with van der Waals surface area (Å²) in [5, 5.41) is -0.227. The fourth-order valence-electron chi connectivity index (χ4n) is 6.11. The lowest BCUT2D eigenvalue weighted by Crippen LogP contribution is -2.12. The quantitative estimate of drug-likeness (QED) is 0.0258. The Labute approximate surface area is 362 Å². The van der Waals surface area contributed by atoms with Gasteiger partial charge in [-0.1, -0.05) is 84.1 Å². The molecule has 5 rings (SSSR count). The van der Waals surface area contributed by atoms with Gasteiger partial charge in [0, 0.05) is 20.9 Å². The zero-order valence-electron chi connectivity index (χ0n) is 34.5. The highest BCUT2D eigenvalue weighted by molar-refractivity contribution is 8.14. The predicted molar refractivity (Wildman–Crippen MR) is 240 cm³/mol. The molecule has 0 aliphatic carbocycles. The number of carbonyl (C=O) groups is 4. The molecule has 0 radical (unpaired) electrons. The minimum atomic E-state index is -0.652. The summed E-state index contributed by atoms with van der Waals surface area (Å²) in [5.41, 5.74) is 1.46. The van der Waals surface area contributed by atoms with Crippen LogP contribution < -0.4 is 18.9 Å². The molecular formula is C50H54O8S2. The molecule has 0 spiro atoms. The molecular weight excluding hydrogens is 793 g/mol. The number of unbranched alkanes of at least 4 members (excludes halogenated alkanes) is 10. The average molecular weight is 847 g/mol. The lowest BCUT2D eigenvalue weighted by Gasteiger charge is -2.09. The Morgan fingerprint density at radius 3 is 1.13 bits per heavy atom. The first-order chi connectivity index (χ1) is 29.3. The second-order valence-corrected chi connectivity index (χ2v) is 16.5. The predicted octanol–water partition coefficient (Wildman–Crippen LogP) is 13.5. The molecule has 10 heteroatoms. The van der Waals surface area contributed by atoms with Gasteiger partial charge in [-0.2, -0.15) is 0 Å². The van der Waals surface area contributed by atoms with Crippen LogP contribution in [-0.2, 0) is 0 Å². The van der Waals surface area contributed by atoms with Crippen molar-refractivity contribution in [1.29, 1.82) is 0 Å². The maximum absolute atomic E-state index is 13.0. The largest absolute Gasteiger partial charge is 0.494 e. The van der Waals surface area contributed by atoms with E-state index in [0.717, 1.165) is 60.7 Å². The molecule has 0 aliphatic heterocycles. The highest BCUT2D eigenvalue weighted by atomic mass is 32.2. The van der Waals surface area contributed by atoms with Crippen molar-refractivity contribution in [2.24, 2.45) is 0 Å². The summed E-state index contributed by atoms with van der Waals surface area (Å²) >= 11 is 2.16. The Kier molecular flexibility index (Phi) is 19.3. The Bertz CT molecular complexity index is 1950. The van der Waals surface area contributed by atoms with Gasteiger partial charge in [-0.15, -0.1) is 0 Å². The Morgan fingerprint density at radius 1 is 0.400 bits per heavy atom. The lowest BCUT2D eigenvalue weighted by atomic mass is 10.1. The summed E-state index contributed by atoms with van der Waals surface area (Å²) in [4.78, 5) is 53.2. The van der Waals surface area contributed by atoms with Gasteiger partial charge in [0.25, 0.3) is 0 Å². The van der Waals surface area contributed by atoms with Crippen molar-refractivity contribution in [3.8, 4) is 23.0 Å². The first-order valence-electron chi connectivity index (χ1n) is 21.0. The van der Waals surface area contributed by atoms with Crippen LogP contribution in [0.5, 0.6) is 23.0 Å².